The molecular formula is C28H26ClN3. The monoisotopic (exact) mass is 439 g/mol. The fraction of sp³-hybridized carbons (Fsp3) is 0.143. The smallest absolute Gasteiger partial charge is 0.138 e. The van der Waals surface area contributed by atoms with Gasteiger partial charge in [0.15, 0.2) is 0 Å². The van der Waals surface area contributed by atoms with Crippen LogP contribution in [-0.4, -0.2) is 14.8 Å². The van der Waals surface area contributed by atoms with Crippen LogP contribution in [0.1, 0.15) is 36.2 Å². The van der Waals surface area contributed by atoms with Crippen LogP contribution < -0.4 is 0 Å². The van der Waals surface area contributed by atoms with Gasteiger partial charge >= 0.3 is 0 Å². The minimum absolute atomic E-state index is 0.451. The van der Waals surface area contributed by atoms with E-state index in [1.807, 2.05) is 51.2 Å². The Bertz CT molecular complexity index is 1200. The first-order valence-corrected chi connectivity index (χ1v) is 11.3. The molecule has 2 heterocycles. The lowest BCUT2D eigenvalue weighted by Gasteiger charge is -2.37. The molecule has 0 aliphatic heterocycles. The van der Waals surface area contributed by atoms with E-state index in [-0.39, 0.29) is 0 Å². The molecule has 32 heavy (non-hydrogen) atoms. The molecule has 0 unspecified atom stereocenters. The second kappa shape index (κ2) is 9.37. The molecule has 160 valence electrons. The Morgan fingerprint density at radius 3 is 1.59 bits per heavy atom. The third-order valence-electron chi connectivity index (χ3n) is 5.61. The number of pyridine rings is 1. The van der Waals surface area contributed by atoms with Gasteiger partial charge in [-0.25, -0.2) is 9.67 Å². The first kappa shape index (κ1) is 21.8. The standard InChI is InChI=1S/C26H20ClN3.C2H6/c1-19-23-18-28-25(27)17-24(23)30(29-19)26(20-11-5-2-6-12-20,21-13-7-3-8-14-21)22-15-9-4-10-16-22;1-2/h2-18H,1H3;1-2H3. The Morgan fingerprint density at radius 2 is 1.16 bits per heavy atom. The van der Waals surface area contributed by atoms with Crippen LogP contribution in [0.3, 0.4) is 0 Å². The van der Waals surface area contributed by atoms with Gasteiger partial charge in [-0.3, -0.25) is 0 Å². The molecule has 0 radical (unpaired) electrons. The fourth-order valence-corrected chi connectivity index (χ4v) is 4.44. The maximum Gasteiger partial charge on any atom is 0.138 e. The largest absolute Gasteiger partial charge is 0.245 e. The van der Waals surface area contributed by atoms with Crippen molar-refractivity contribution in [3.63, 3.8) is 0 Å². The first-order valence-electron chi connectivity index (χ1n) is 10.9. The molecule has 0 atom stereocenters. The third kappa shape index (κ3) is 3.59. The van der Waals surface area contributed by atoms with E-state index in [1.54, 1.807) is 0 Å². The molecule has 0 aliphatic carbocycles. The molecule has 0 N–H and O–H groups in total. The summed E-state index contributed by atoms with van der Waals surface area (Å²) >= 11 is 6.34. The number of rotatable bonds is 4. The molecule has 0 fully saturated rings. The van der Waals surface area contributed by atoms with Gasteiger partial charge in [0.1, 0.15) is 10.7 Å². The van der Waals surface area contributed by atoms with Crippen LogP contribution in [0.5, 0.6) is 0 Å². The average Bonchev–Trinajstić information content (AvgIpc) is 3.18. The minimum Gasteiger partial charge on any atom is -0.245 e. The van der Waals surface area contributed by atoms with Gasteiger partial charge < -0.3 is 0 Å². The average molecular weight is 440 g/mol. The van der Waals surface area contributed by atoms with Gasteiger partial charge in [-0.15, -0.1) is 0 Å². The molecule has 3 nitrogen and oxygen atoms in total. The number of nitrogens with zero attached hydrogens (tertiary/aromatic N) is 3. The van der Waals surface area contributed by atoms with Crippen molar-refractivity contribution in [1.29, 1.82) is 0 Å². The summed E-state index contributed by atoms with van der Waals surface area (Å²) in [6.07, 6.45) is 1.81. The van der Waals surface area contributed by atoms with Gasteiger partial charge in [-0.2, -0.15) is 5.10 Å². The van der Waals surface area contributed by atoms with Crippen LogP contribution in [-0.2, 0) is 5.54 Å². The summed E-state index contributed by atoms with van der Waals surface area (Å²) in [6.45, 7) is 6.01. The highest BCUT2D eigenvalue weighted by atomic mass is 35.5. The zero-order valence-electron chi connectivity index (χ0n) is 18.5. The predicted octanol–water partition coefficient (Wildman–Crippen LogP) is 7.26. The molecule has 0 amide bonds. The van der Waals surface area contributed by atoms with Crippen molar-refractivity contribution in [3.05, 3.63) is 131 Å². The molecule has 3 aromatic carbocycles. The van der Waals surface area contributed by atoms with Crippen LogP contribution >= 0.6 is 11.6 Å². The zero-order chi connectivity index (χ0) is 22.6. The molecule has 5 rings (SSSR count). The van der Waals surface area contributed by atoms with Crippen molar-refractivity contribution in [2.24, 2.45) is 0 Å². The van der Waals surface area contributed by atoms with Gasteiger partial charge in [-0.1, -0.05) is 116 Å². The Labute approximate surface area is 194 Å². The van der Waals surface area contributed by atoms with E-state index in [4.69, 9.17) is 16.7 Å². The van der Waals surface area contributed by atoms with E-state index in [0.717, 1.165) is 33.3 Å². The lowest BCUT2D eigenvalue weighted by Crippen LogP contribution is -2.38. The van der Waals surface area contributed by atoms with Crippen LogP contribution in [0.15, 0.2) is 103 Å². The van der Waals surface area contributed by atoms with Crippen LogP contribution in [0.25, 0.3) is 10.9 Å². The van der Waals surface area contributed by atoms with Gasteiger partial charge in [-0.05, 0) is 23.6 Å². The lowest BCUT2D eigenvalue weighted by molar-refractivity contribution is 0.473. The summed E-state index contributed by atoms with van der Waals surface area (Å²) in [6, 6.07) is 33.4. The summed E-state index contributed by atoms with van der Waals surface area (Å²) in [4.78, 5) is 4.29. The summed E-state index contributed by atoms with van der Waals surface area (Å²) in [5.74, 6) is 0. The summed E-state index contributed by atoms with van der Waals surface area (Å²) in [5, 5.41) is 6.49. The second-order valence-corrected chi connectivity index (χ2v) is 7.72. The van der Waals surface area contributed by atoms with E-state index in [9.17, 15) is 0 Å². The SMILES string of the molecule is CC.Cc1nn(C(c2ccccc2)(c2ccccc2)c2ccccc2)c2cc(Cl)ncc12. The topological polar surface area (TPSA) is 30.7 Å². The maximum atomic E-state index is 6.34. The fourth-order valence-electron chi connectivity index (χ4n) is 4.29. The highest BCUT2D eigenvalue weighted by Crippen LogP contribution is 2.42. The normalized spacial score (nSPS) is 11.1. The van der Waals surface area contributed by atoms with Crippen molar-refractivity contribution >= 4 is 22.5 Å². The Hall–Kier alpha value is -3.43. The molecule has 4 heteroatoms. The third-order valence-corrected chi connectivity index (χ3v) is 5.82. The summed E-state index contributed by atoms with van der Waals surface area (Å²) in [7, 11) is 0. The van der Waals surface area contributed by atoms with E-state index >= 15 is 0 Å². The van der Waals surface area contributed by atoms with Crippen LogP contribution in [0.2, 0.25) is 5.15 Å². The second-order valence-electron chi connectivity index (χ2n) is 7.33. The Kier molecular flexibility index (Phi) is 6.38. The van der Waals surface area contributed by atoms with Gasteiger partial charge in [0, 0.05) is 17.6 Å². The number of aryl methyl sites for hydroxylation is 1. The first-order chi connectivity index (χ1) is 15.7. The molecule has 0 saturated heterocycles. The quantitative estimate of drug-likeness (QED) is 0.218. The molecule has 0 spiro atoms. The van der Waals surface area contributed by atoms with E-state index in [0.29, 0.717) is 5.15 Å². The summed E-state index contributed by atoms with van der Waals surface area (Å²) in [5.41, 5.74) is 4.57. The number of hydrogen-bond donors (Lipinski definition) is 0. The van der Waals surface area contributed by atoms with Crippen molar-refractivity contribution < 1.29 is 0 Å². The van der Waals surface area contributed by atoms with Gasteiger partial charge in [0.05, 0.1) is 11.2 Å². The van der Waals surface area contributed by atoms with Crippen molar-refractivity contribution in [2.75, 3.05) is 0 Å². The highest BCUT2D eigenvalue weighted by Gasteiger charge is 2.40. The van der Waals surface area contributed by atoms with E-state index in [1.165, 1.54) is 0 Å². The number of aromatic nitrogens is 3. The number of benzene rings is 3. The molecule has 2 aromatic heterocycles. The molecule has 0 saturated carbocycles. The summed E-state index contributed by atoms with van der Waals surface area (Å²) < 4.78 is 2.10. The Morgan fingerprint density at radius 1 is 0.719 bits per heavy atom. The lowest BCUT2D eigenvalue weighted by atomic mass is 9.77. The molecular weight excluding hydrogens is 414 g/mol. The number of fused-ring (bicyclic) bond motifs is 1. The van der Waals surface area contributed by atoms with Crippen molar-refractivity contribution in [3.8, 4) is 0 Å². The van der Waals surface area contributed by atoms with E-state index < -0.39 is 5.54 Å². The van der Waals surface area contributed by atoms with E-state index in [2.05, 4.69) is 82.5 Å². The molecule has 0 bridgehead atoms. The zero-order valence-corrected chi connectivity index (χ0v) is 19.3. The minimum atomic E-state index is -0.666. The van der Waals surface area contributed by atoms with Crippen LogP contribution in [0.4, 0.5) is 0 Å². The Balaban J connectivity index is 0.00000119. The van der Waals surface area contributed by atoms with Gasteiger partial charge in [0.2, 0.25) is 0 Å². The van der Waals surface area contributed by atoms with Gasteiger partial charge in [0.25, 0.3) is 0 Å². The highest BCUT2D eigenvalue weighted by molar-refractivity contribution is 6.30. The maximum absolute atomic E-state index is 6.34. The van der Waals surface area contributed by atoms with Crippen LogP contribution in [0, 0.1) is 6.92 Å². The predicted molar refractivity (Wildman–Crippen MR) is 133 cm³/mol. The van der Waals surface area contributed by atoms with Crippen molar-refractivity contribution in [1.82, 2.24) is 14.8 Å². The molecule has 0 aliphatic rings. The number of hydrogen-bond acceptors (Lipinski definition) is 2. The van der Waals surface area contributed by atoms with Crippen molar-refractivity contribution in [2.45, 2.75) is 26.3 Å². The number of halogens is 1. The molecule has 5 aromatic rings.